The minimum atomic E-state index is -0.171. The second kappa shape index (κ2) is 1.78. The van der Waals surface area contributed by atoms with Crippen molar-refractivity contribution >= 4 is 12.4 Å². The van der Waals surface area contributed by atoms with Crippen LogP contribution in [0.25, 0.3) is 0 Å². The highest BCUT2D eigenvalue weighted by atomic mass is 35.5. The zero-order chi connectivity index (χ0) is 3.86. The Morgan fingerprint density at radius 2 is 1.83 bits per heavy atom. The molecule has 3 N–H and O–H groups in total. The second-order valence-electron chi connectivity index (χ2n) is 1.47. The minimum Gasteiger partial charge on any atom is -0.391 e. The van der Waals surface area contributed by atoms with Crippen LogP contribution in [0.5, 0.6) is 0 Å². The normalized spacial score (nSPS) is 41.0. The summed E-state index contributed by atoms with van der Waals surface area (Å²) in [6, 6.07) is 0.106. The molecule has 2 atom stereocenters. The summed E-state index contributed by atoms with van der Waals surface area (Å²) < 4.78 is 0. The van der Waals surface area contributed by atoms with Crippen molar-refractivity contribution in [1.29, 1.82) is 0 Å². The highest BCUT2D eigenvalue weighted by Crippen LogP contribution is 2.15. The van der Waals surface area contributed by atoms with Crippen molar-refractivity contribution < 1.29 is 5.11 Å². The van der Waals surface area contributed by atoms with Crippen molar-refractivity contribution in [3.63, 3.8) is 0 Å². The largest absolute Gasteiger partial charge is 0.391 e. The van der Waals surface area contributed by atoms with Crippen LogP contribution in [0.1, 0.15) is 6.42 Å². The van der Waals surface area contributed by atoms with Gasteiger partial charge in [0, 0.05) is 6.04 Å². The van der Waals surface area contributed by atoms with E-state index in [2.05, 4.69) is 0 Å². The van der Waals surface area contributed by atoms with Crippen LogP contribution in [0.4, 0.5) is 0 Å². The van der Waals surface area contributed by atoms with Gasteiger partial charge in [-0.3, -0.25) is 0 Å². The number of rotatable bonds is 0. The molecule has 1 fully saturated rings. The van der Waals surface area contributed by atoms with E-state index in [0.29, 0.717) is 0 Å². The monoisotopic (exact) mass is 109 g/mol. The van der Waals surface area contributed by atoms with E-state index in [-0.39, 0.29) is 24.6 Å². The van der Waals surface area contributed by atoms with Gasteiger partial charge in [-0.2, -0.15) is 0 Å². The van der Waals surface area contributed by atoms with Crippen molar-refractivity contribution in [3.05, 3.63) is 0 Å². The quantitative estimate of drug-likeness (QED) is 0.441. The van der Waals surface area contributed by atoms with Crippen LogP contribution in [0.15, 0.2) is 0 Å². The van der Waals surface area contributed by atoms with Gasteiger partial charge in [0.05, 0.1) is 6.10 Å². The molecular formula is C3H8ClNO. The average Bonchev–Trinajstić information content (AvgIpc) is 1.79. The Kier molecular flexibility index (Phi) is 1.84. The maximum Gasteiger partial charge on any atom is 0.0707 e. The van der Waals surface area contributed by atoms with E-state index in [9.17, 15) is 0 Å². The molecule has 2 nitrogen and oxygen atoms in total. The summed E-state index contributed by atoms with van der Waals surface area (Å²) in [6.45, 7) is 0. The molecule has 1 aliphatic carbocycles. The van der Waals surface area contributed by atoms with E-state index < -0.39 is 0 Å². The number of halogens is 1. The lowest BCUT2D eigenvalue weighted by molar-refractivity contribution is 0.272. The summed E-state index contributed by atoms with van der Waals surface area (Å²) in [5.74, 6) is 0. The fourth-order valence-electron chi connectivity index (χ4n) is 0.200. The van der Waals surface area contributed by atoms with Crippen LogP contribution >= 0.6 is 12.4 Å². The van der Waals surface area contributed by atoms with E-state index in [1.54, 1.807) is 0 Å². The molecule has 0 radical (unpaired) electrons. The van der Waals surface area contributed by atoms with Gasteiger partial charge in [-0.1, -0.05) is 0 Å². The summed E-state index contributed by atoms with van der Waals surface area (Å²) in [7, 11) is 0. The standard InChI is InChI=1S/C3H7NO.ClH/c4-2-1-3(2)5;/h2-3,5H,1,4H2;1H/t2-,3+;/m0./s1. The third-order valence-electron chi connectivity index (χ3n) is 0.805. The maximum atomic E-state index is 8.31. The molecule has 1 rings (SSSR count). The first-order valence-corrected chi connectivity index (χ1v) is 1.74. The first-order chi connectivity index (χ1) is 2.30. The molecule has 0 amide bonds. The van der Waals surface area contributed by atoms with Crippen LogP contribution in [-0.2, 0) is 0 Å². The van der Waals surface area contributed by atoms with E-state index in [1.165, 1.54) is 0 Å². The van der Waals surface area contributed by atoms with Crippen LogP contribution < -0.4 is 5.73 Å². The molecule has 0 saturated heterocycles. The van der Waals surface area contributed by atoms with Gasteiger partial charge in [0.2, 0.25) is 0 Å². The zero-order valence-corrected chi connectivity index (χ0v) is 4.11. The van der Waals surface area contributed by atoms with Crippen molar-refractivity contribution in [1.82, 2.24) is 0 Å². The Morgan fingerprint density at radius 3 is 1.83 bits per heavy atom. The van der Waals surface area contributed by atoms with Gasteiger partial charge >= 0.3 is 0 Å². The third kappa shape index (κ3) is 1.12. The van der Waals surface area contributed by atoms with E-state index >= 15 is 0 Å². The molecule has 0 aromatic carbocycles. The van der Waals surface area contributed by atoms with Crippen molar-refractivity contribution in [3.8, 4) is 0 Å². The Bertz CT molecular complexity index is 44.1. The molecule has 0 bridgehead atoms. The van der Waals surface area contributed by atoms with Crippen molar-refractivity contribution in [2.75, 3.05) is 0 Å². The molecule has 0 unspecified atom stereocenters. The molecule has 1 aliphatic rings. The summed E-state index contributed by atoms with van der Waals surface area (Å²) >= 11 is 0. The lowest BCUT2D eigenvalue weighted by Crippen LogP contribution is -2.03. The smallest absolute Gasteiger partial charge is 0.0707 e. The molecule has 3 heteroatoms. The van der Waals surface area contributed by atoms with Crippen LogP contribution in [0.2, 0.25) is 0 Å². The molecule has 0 heterocycles. The predicted molar refractivity (Wildman–Crippen MR) is 25.8 cm³/mol. The van der Waals surface area contributed by atoms with Gasteiger partial charge in [0.25, 0.3) is 0 Å². The highest BCUT2D eigenvalue weighted by molar-refractivity contribution is 5.85. The maximum absolute atomic E-state index is 8.31. The lowest BCUT2D eigenvalue weighted by atomic mass is 10.8. The number of nitrogens with two attached hydrogens (primary N) is 1. The van der Waals surface area contributed by atoms with E-state index in [4.69, 9.17) is 10.8 Å². The highest BCUT2D eigenvalue weighted by Gasteiger charge is 2.30. The van der Waals surface area contributed by atoms with Gasteiger partial charge in [0.15, 0.2) is 0 Å². The van der Waals surface area contributed by atoms with Gasteiger partial charge in [-0.15, -0.1) is 12.4 Å². The van der Waals surface area contributed by atoms with E-state index in [1.807, 2.05) is 0 Å². The Morgan fingerprint density at radius 1 is 1.67 bits per heavy atom. The zero-order valence-electron chi connectivity index (χ0n) is 3.29. The Labute approximate surface area is 42.8 Å². The molecule has 0 aromatic rings. The van der Waals surface area contributed by atoms with Gasteiger partial charge in [-0.25, -0.2) is 0 Å². The van der Waals surface area contributed by atoms with Gasteiger partial charge in [-0.05, 0) is 6.42 Å². The molecule has 1 saturated carbocycles. The molecule has 0 aromatic heterocycles. The van der Waals surface area contributed by atoms with Crippen molar-refractivity contribution in [2.45, 2.75) is 18.6 Å². The summed E-state index contributed by atoms with van der Waals surface area (Å²) in [5.41, 5.74) is 5.12. The van der Waals surface area contributed by atoms with E-state index in [0.717, 1.165) is 6.42 Å². The fourth-order valence-corrected chi connectivity index (χ4v) is 0.200. The van der Waals surface area contributed by atoms with Crippen LogP contribution in [0.3, 0.4) is 0 Å². The molecule has 38 valence electrons. The fraction of sp³-hybridized carbons (Fsp3) is 1.00. The number of hydrogen-bond acceptors (Lipinski definition) is 2. The van der Waals surface area contributed by atoms with Gasteiger partial charge in [0.1, 0.15) is 0 Å². The molecular weight excluding hydrogens is 101 g/mol. The predicted octanol–water partition coefficient (Wildman–Crippen LogP) is -0.500. The topological polar surface area (TPSA) is 46.2 Å². The number of aliphatic hydroxyl groups excluding tert-OH is 1. The van der Waals surface area contributed by atoms with Gasteiger partial charge < -0.3 is 10.8 Å². The van der Waals surface area contributed by atoms with Crippen molar-refractivity contribution in [2.24, 2.45) is 5.73 Å². The molecule has 0 spiro atoms. The third-order valence-corrected chi connectivity index (χ3v) is 0.805. The first-order valence-electron chi connectivity index (χ1n) is 1.74. The number of hydrogen-bond donors (Lipinski definition) is 2. The SMILES string of the molecule is Cl.N[C@H]1C[C@H]1O. The van der Waals surface area contributed by atoms with Crippen LogP contribution in [0, 0.1) is 0 Å². The summed E-state index contributed by atoms with van der Waals surface area (Å²) in [6.07, 6.45) is 0.634. The minimum absolute atomic E-state index is 0. The van der Waals surface area contributed by atoms with Crippen LogP contribution in [-0.4, -0.2) is 17.3 Å². The molecule has 0 aliphatic heterocycles. The Hall–Kier alpha value is 0.210. The Balaban J connectivity index is 0.000000250. The molecule has 6 heavy (non-hydrogen) atoms. The summed E-state index contributed by atoms with van der Waals surface area (Å²) in [4.78, 5) is 0. The number of aliphatic hydroxyl groups is 1. The first kappa shape index (κ1) is 6.21. The average molecular weight is 110 g/mol. The summed E-state index contributed by atoms with van der Waals surface area (Å²) in [5, 5.41) is 8.31. The lowest BCUT2D eigenvalue weighted by Gasteiger charge is -1.70. The second-order valence-corrected chi connectivity index (χ2v) is 1.47.